The number of thioether (sulfide) groups is 1. The van der Waals surface area contributed by atoms with E-state index in [0.717, 1.165) is 6.42 Å². The molecule has 0 spiro atoms. The van der Waals surface area contributed by atoms with Gasteiger partial charge in [0.15, 0.2) is 5.54 Å². The van der Waals surface area contributed by atoms with Gasteiger partial charge in [-0.05, 0) is 32.4 Å². The van der Waals surface area contributed by atoms with Crippen LogP contribution in [0.3, 0.4) is 0 Å². The molecule has 3 nitrogen and oxygen atoms in total. The molecule has 1 rings (SSSR count). The monoisotopic (exact) mass is 270 g/mol. The van der Waals surface area contributed by atoms with Crippen LogP contribution in [-0.2, 0) is 4.79 Å². The van der Waals surface area contributed by atoms with Crippen LogP contribution < -0.4 is 11.1 Å². The Labute approximate surface area is 103 Å². The zero-order valence-corrected chi connectivity index (χ0v) is 10.6. The zero-order chi connectivity index (χ0) is 13.3. The number of hydrogen-bond acceptors (Lipinski definition) is 3. The van der Waals surface area contributed by atoms with E-state index < -0.39 is 17.6 Å². The van der Waals surface area contributed by atoms with Crippen molar-refractivity contribution in [2.75, 3.05) is 6.26 Å². The van der Waals surface area contributed by atoms with Crippen molar-refractivity contribution >= 4 is 17.7 Å². The lowest BCUT2D eigenvalue weighted by Gasteiger charge is -2.27. The van der Waals surface area contributed by atoms with E-state index in [1.807, 2.05) is 6.26 Å². The van der Waals surface area contributed by atoms with Crippen LogP contribution in [0.1, 0.15) is 26.2 Å². The van der Waals surface area contributed by atoms with Crippen molar-refractivity contribution in [2.24, 2.45) is 5.73 Å². The minimum Gasteiger partial charge on any atom is -0.351 e. The molecule has 3 N–H and O–H groups in total. The zero-order valence-electron chi connectivity index (χ0n) is 9.80. The van der Waals surface area contributed by atoms with Crippen LogP contribution in [0.5, 0.6) is 0 Å². The summed E-state index contributed by atoms with van der Waals surface area (Å²) in [5.41, 5.74) is 2.23. The van der Waals surface area contributed by atoms with Gasteiger partial charge in [0.05, 0.1) is 0 Å². The molecule has 3 unspecified atom stereocenters. The predicted octanol–water partition coefficient (Wildman–Crippen LogP) is 1.67. The number of nitrogens with one attached hydrogen (secondary N) is 1. The van der Waals surface area contributed by atoms with Gasteiger partial charge >= 0.3 is 6.18 Å². The fraction of sp³-hybridized carbons (Fsp3) is 0.900. The predicted molar refractivity (Wildman–Crippen MR) is 61.7 cm³/mol. The summed E-state index contributed by atoms with van der Waals surface area (Å²) in [6.07, 6.45) is -0.433. The number of nitrogens with two attached hydrogens (primary N) is 1. The minimum absolute atomic E-state index is 0.190. The Hall–Kier alpha value is -0.430. The lowest BCUT2D eigenvalue weighted by molar-refractivity contribution is -0.187. The summed E-state index contributed by atoms with van der Waals surface area (Å²) in [4.78, 5) is 11.5. The summed E-state index contributed by atoms with van der Waals surface area (Å²) >= 11 is 1.67. The fourth-order valence-electron chi connectivity index (χ4n) is 1.75. The molecule has 1 aliphatic carbocycles. The molecule has 0 aliphatic heterocycles. The van der Waals surface area contributed by atoms with Crippen LogP contribution in [0.15, 0.2) is 0 Å². The average Bonchev–Trinajstić information content (AvgIpc) is 2.63. The number of alkyl halides is 3. The molecule has 100 valence electrons. The highest BCUT2D eigenvalue weighted by molar-refractivity contribution is 7.99. The third-order valence-corrected chi connectivity index (χ3v) is 4.21. The van der Waals surface area contributed by atoms with Gasteiger partial charge in [0.1, 0.15) is 0 Å². The topological polar surface area (TPSA) is 55.1 Å². The molecule has 1 saturated carbocycles. The third kappa shape index (κ3) is 3.28. The van der Waals surface area contributed by atoms with Crippen LogP contribution >= 0.6 is 11.8 Å². The van der Waals surface area contributed by atoms with Gasteiger partial charge in [-0.3, -0.25) is 4.79 Å². The van der Waals surface area contributed by atoms with E-state index in [-0.39, 0.29) is 6.04 Å². The lowest BCUT2D eigenvalue weighted by atomic mass is 10.0. The molecule has 0 radical (unpaired) electrons. The highest BCUT2D eigenvalue weighted by Gasteiger charge is 2.54. The van der Waals surface area contributed by atoms with Crippen LogP contribution in [0.25, 0.3) is 0 Å². The maximum Gasteiger partial charge on any atom is 0.415 e. The molecular formula is C10H17F3N2OS. The largest absolute Gasteiger partial charge is 0.415 e. The molecule has 7 heteroatoms. The van der Waals surface area contributed by atoms with E-state index in [2.05, 4.69) is 5.32 Å². The second-order valence-corrected chi connectivity index (χ2v) is 5.68. The number of carbonyl (C=O) groups is 1. The number of rotatable bonds is 3. The normalized spacial score (nSPS) is 28.8. The Kier molecular flexibility index (Phi) is 4.35. The molecule has 0 aromatic rings. The van der Waals surface area contributed by atoms with Gasteiger partial charge in [0, 0.05) is 11.3 Å². The van der Waals surface area contributed by atoms with Gasteiger partial charge in [-0.25, -0.2) is 0 Å². The minimum atomic E-state index is -4.73. The Morgan fingerprint density at radius 2 is 2.00 bits per heavy atom. The third-order valence-electron chi connectivity index (χ3n) is 3.11. The van der Waals surface area contributed by atoms with E-state index in [4.69, 9.17) is 5.73 Å². The number of halogens is 3. The quantitative estimate of drug-likeness (QED) is 0.820. The maximum absolute atomic E-state index is 12.5. The average molecular weight is 270 g/mol. The van der Waals surface area contributed by atoms with Crippen molar-refractivity contribution in [2.45, 2.75) is 49.2 Å². The SMILES string of the molecule is CSC1CCC(NC(=O)C(C)(N)C(F)(F)F)C1. The summed E-state index contributed by atoms with van der Waals surface area (Å²) in [5, 5.41) is 2.80. The van der Waals surface area contributed by atoms with Gasteiger partial charge in [-0.2, -0.15) is 24.9 Å². The Bertz CT molecular complexity index is 294. The molecule has 17 heavy (non-hydrogen) atoms. The molecule has 1 amide bonds. The van der Waals surface area contributed by atoms with Crippen molar-refractivity contribution in [1.29, 1.82) is 0 Å². The van der Waals surface area contributed by atoms with Crippen LogP contribution in [0.4, 0.5) is 13.2 Å². The van der Waals surface area contributed by atoms with Crippen molar-refractivity contribution < 1.29 is 18.0 Å². The first-order chi connectivity index (χ1) is 7.68. The van der Waals surface area contributed by atoms with Crippen LogP contribution in [-0.4, -0.2) is 35.2 Å². The molecule has 3 atom stereocenters. The maximum atomic E-state index is 12.5. The molecule has 1 fully saturated rings. The van der Waals surface area contributed by atoms with E-state index >= 15 is 0 Å². The molecule has 0 saturated heterocycles. The van der Waals surface area contributed by atoms with Gasteiger partial charge in [0.25, 0.3) is 0 Å². The Morgan fingerprint density at radius 3 is 2.41 bits per heavy atom. The number of carbonyl (C=O) groups excluding carboxylic acids is 1. The molecular weight excluding hydrogens is 253 g/mol. The number of amides is 1. The summed E-state index contributed by atoms with van der Waals surface area (Å²) in [7, 11) is 0. The van der Waals surface area contributed by atoms with Crippen molar-refractivity contribution in [3.63, 3.8) is 0 Å². The highest BCUT2D eigenvalue weighted by atomic mass is 32.2. The second-order valence-electron chi connectivity index (χ2n) is 4.54. The van der Waals surface area contributed by atoms with Crippen LogP contribution in [0.2, 0.25) is 0 Å². The van der Waals surface area contributed by atoms with Crippen molar-refractivity contribution in [3.05, 3.63) is 0 Å². The van der Waals surface area contributed by atoms with Gasteiger partial charge in [-0.15, -0.1) is 0 Å². The van der Waals surface area contributed by atoms with Gasteiger partial charge in [-0.1, -0.05) is 0 Å². The molecule has 0 bridgehead atoms. The smallest absolute Gasteiger partial charge is 0.351 e. The molecule has 0 aromatic heterocycles. The van der Waals surface area contributed by atoms with E-state index in [0.29, 0.717) is 25.0 Å². The highest BCUT2D eigenvalue weighted by Crippen LogP contribution is 2.31. The fourth-order valence-corrected chi connectivity index (χ4v) is 2.55. The van der Waals surface area contributed by atoms with E-state index in [1.54, 1.807) is 11.8 Å². The Morgan fingerprint density at radius 1 is 1.41 bits per heavy atom. The second kappa shape index (κ2) is 5.06. The number of hydrogen-bond donors (Lipinski definition) is 2. The summed E-state index contributed by atoms with van der Waals surface area (Å²) < 4.78 is 37.5. The van der Waals surface area contributed by atoms with Crippen molar-refractivity contribution in [1.82, 2.24) is 5.32 Å². The molecule has 0 aromatic carbocycles. The molecule has 0 heterocycles. The van der Waals surface area contributed by atoms with E-state index in [1.165, 1.54) is 0 Å². The van der Waals surface area contributed by atoms with E-state index in [9.17, 15) is 18.0 Å². The first-order valence-electron chi connectivity index (χ1n) is 5.38. The van der Waals surface area contributed by atoms with Crippen LogP contribution in [0, 0.1) is 0 Å². The van der Waals surface area contributed by atoms with Gasteiger partial charge < -0.3 is 11.1 Å². The lowest BCUT2D eigenvalue weighted by Crippen LogP contribution is -2.62. The first kappa shape index (κ1) is 14.6. The standard InChI is InChI=1S/C10H17F3N2OS/c1-9(14,10(11,12)13)8(16)15-6-3-4-7(5-6)17-2/h6-7H,3-5,14H2,1-2H3,(H,15,16). The summed E-state index contributed by atoms with van der Waals surface area (Å²) in [5.74, 6) is -1.14. The first-order valence-corrected chi connectivity index (χ1v) is 6.66. The van der Waals surface area contributed by atoms with Gasteiger partial charge in [0.2, 0.25) is 5.91 Å². The van der Waals surface area contributed by atoms with Crippen molar-refractivity contribution in [3.8, 4) is 0 Å². The summed E-state index contributed by atoms with van der Waals surface area (Å²) in [6.45, 7) is 0.698. The summed E-state index contributed by atoms with van der Waals surface area (Å²) in [6, 6.07) is -0.190. The Balaban J connectivity index is 2.56. The molecule has 1 aliphatic rings.